The second-order valence-corrected chi connectivity index (χ2v) is 9.00. The lowest BCUT2D eigenvalue weighted by Crippen LogP contribution is -2.32. The molecule has 0 spiro atoms. The molecule has 4 rings (SSSR count). The third kappa shape index (κ3) is 5.61. The van der Waals surface area contributed by atoms with Gasteiger partial charge in [0.2, 0.25) is 0 Å². The van der Waals surface area contributed by atoms with Gasteiger partial charge in [0.05, 0.1) is 41.5 Å². The third-order valence-corrected chi connectivity index (χ3v) is 6.54. The quantitative estimate of drug-likeness (QED) is 0.314. The van der Waals surface area contributed by atoms with Crippen LogP contribution in [0.3, 0.4) is 0 Å². The highest BCUT2D eigenvalue weighted by molar-refractivity contribution is 5.62. The Morgan fingerprint density at radius 2 is 1.89 bits per heavy atom. The van der Waals surface area contributed by atoms with Crippen LogP contribution in [0.2, 0.25) is 0 Å². The van der Waals surface area contributed by atoms with Gasteiger partial charge in [0.1, 0.15) is 35.4 Å². The number of rotatable bonds is 7. The number of ether oxygens (including phenoxy) is 2. The maximum Gasteiger partial charge on any atom is 0.168 e. The third-order valence-electron chi connectivity index (χ3n) is 6.54. The molecule has 8 nitrogen and oxygen atoms in total. The van der Waals surface area contributed by atoms with Crippen LogP contribution in [0, 0.1) is 17.5 Å². The number of halogens is 4. The molecule has 3 aromatic rings. The van der Waals surface area contributed by atoms with E-state index in [0.717, 1.165) is 18.2 Å². The standard InChI is InChI=1S/C25H29F4N5O3/c1-12(36-3)13-8-15(27)22(16(28)9-13)23-14(26)4-6-19(32-23)25(35)33-20-10-31-34(2)24(20)21-7-5-18(30)17(29)11-37-21/h4,6,8-10,12,17-18,21,25,33,35H,5,7,11,30H2,1-3H3/t12?,17-,18+,21-,25?/m0/s1. The molecule has 12 heteroatoms. The first kappa shape index (κ1) is 27.0. The van der Waals surface area contributed by atoms with Gasteiger partial charge in [-0.15, -0.1) is 0 Å². The van der Waals surface area contributed by atoms with Gasteiger partial charge in [-0.1, -0.05) is 0 Å². The molecular weight excluding hydrogens is 494 g/mol. The average Bonchev–Trinajstić information content (AvgIpc) is 3.14. The Balaban J connectivity index is 1.62. The molecule has 0 radical (unpaired) electrons. The van der Waals surface area contributed by atoms with Crippen molar-refractivity contribution in [2.75, 3.05) is 19.0 Å². The van der Waals surface area contributed by atoms with E-state index in [1.54, 1.807) is 14.0 Å². The van der Waals surface area contributed by atoms with Crippen LogP contribution in [0.15, 0.2) is 30.5 Å². The van der Waals surface area contributed by atoms with Gasteiger partial charge in [0.25, 0.3) is 0 Å². The Morgan fingerprint density at radius 1 is 1.19 bits per heavy atom. The van der Waals surface area contributed by atoms with Gasteiger partial charge in [0.15, 0.2) is 6.23 Å². The van der Waals surface area contributed by atoms with E-state index in [1.165, 1.54) is 24.1 Å². The Kier molecular flexibility index (Phi) is 8.12. The summed E-state index contributed by atoms with van der Waals surface area (Å²) >= 11 is 0. The molecule has 0 aliphatic carbocycles. The lowest BCUT2D eigenvalue weighted by Gasteiger charge is -2.20. The number of hydrogen-bond donors (Lipinski definition) is 3. The second-order valence-electron chi connectivity index (χ2n) is 9.00. The number of nitrogens with two attached hydrogens (primary N) is 1. The highest BCUT2D eigenvalue weighted by Gasteiger charge is 2.30. The van der Waals surface area contributed by atoms with Crippen LogP contribution in [-0.2, 0) is 16.5 Å². The van der Waals surface area contributed by atoms with Crippen LogP contribution in [0.4, 0.5) is 23.2 Å². The van der Waals surface area contributed by atoms with E-state index in [4.69, 9.17) is 15.2 Å². The zero-order valence-corrected chi connectivity index (χ0v) is 20.6. The molecule has 2 unspecified atom stereocenters. The number of nitrogens with one attached hydrogen (secondary N) is 1. The van der Waals surface area contributed by atoms with E-state index in [0.29, 0.717) is 24.2 Å². The molecule has 0 bridgehead atoms. The summed E-state index contributed by atoms with van der Waals surface area (Å²) < 4.78 is 70.7. The van der Waals surface area contributed by atoms with E-state index in [1.807, 2.05) is 0 Å². The van der Waals surface area contributed by atoms with Gasteiger partial charge in [-0.05, 0) is 49.6 Å². The zero-order valence-electron chi connectivity index (χ0n) is 20.6. The number of methoxy groups -OCH3 is 1. The largest absolute Gasteiger partial charge is 0.377 e. The minimum atomic E-state index is -1.50. The van der Waals surface area contributed by atoms with Crippen molar-refractivity contribution in [2.24, 2.45) is 12.8 Å². The molecule has 0 saturated carbocycles. The number of hydrogen-bond acceptors (Lipinski definition) is 7. The van der Waals surface area contributed by atoms with Gasteiger partial charge >= 0.3 is 0 Å². The molecule has 3 heterocycles. The van der Waals surface area contributed by atoms with Crippen LogP contribution in [0.5, 0.6) is 0 Å². The van der Waals surface area contributed by atoms with E-state index in [-0.39, 0.29) is 17.9 Å². The van der Waals surface area contributed by atoms with Crippen LogP contribution in [-0.4, -0.2) is 45.8 Å². The topological polar surface area (TPSA) is 107 Å². The van der Waals surface area contributed by atoms with Gasteiger partial charge in [-0.25, -0.2) is 22.5 Å². The lowest BCUT2D eigenvalue weighted by molar-refractivity contribution is 0.0246. The average molecular weight is 524 g/mol. The van der Waals surface area contributed by atoms with Crippen LogP contribution < -0.4 is 11.1 Å². The minimum Gasteiger partial charge on any atom is -0.377 e. The van der Waals surface area contributed by atoms with Crippen molar-refractivity contribution >= 4 is 5.69 Å². The first-order chi connectivity index (χ1) is 17.6. The predicted octanol–water partition coefficient (Wildman–Crippen LogP) is 4.23. The Labute approximate surface area is 211 Å². The van der Waals surface area contributed by atoms with Crippen molar-refractivity contribution in [3.8, 4) is 11.3 Å². The molecule has 1 saturated heterocycles. The summed E-state index contributed by atoms with van der Waals surface area (Å²) in [6.07, 6.45) is -1.65. The normalized spacial score (nSPS) is 21.9. The summed E-state index contributed by atoms with van der Waals surface area (Å²) in [6, 6.07) is 3.62. The van der Waals surface area contributed by atoms with Crippen LogP contribution in [0.25, 0.3) is 11.3 Å². The molecular formula is C25H29F4N5O3. The van der Waals surface area contributed by atoms with Crippen molar-refractivity contribution in [2.45, 2.75) is 50.4 Å². The molecule has 5 atom stereocenters. The molecule has 0 amide bonds. The number of nitrogens with zero attached hydrogens (tertiary/aromatic N) is 3. The second kappa shape index (κ2) is 11.1. The van der Waals surface area contributed by atoms with E-state index < -0.39 is 59.4 Å². The van der Waals surface area contributed by atoms with Gasteiger partial charge < -0.3 is 25.6 Å². The summed E-state index contributed by atoms with van der Waals surface area (Å²) in [4.78, 5) is 4.02. The number of aromatic nitrogens is 3. The zero-order chi connectivity index (χ0) is 26.9. The van der Waals surface area contributed by atoms with E-state index in [9.17, 15) is 22.7 Å². The number of aliphatic hydroxyl groups is 1. The highest BCUT2D eigenvalue weighted by atomic mass is 19.1. The molecule has 2 aromatic heterocycles. The fraction of sp³-hybridized carbons (Fsp3) is 0.440. The fourth-order valence-corrected chi connectivity index (χ4v) is 4.29. The van der Waals surface area contributed by atoms with Crippen LogP contribution >= 0.6 is 0 Å². The Morgan fingerprint density at radius 3 is 2.57 bits per heavy atom. The number of alkyl halides is 1. The van der Waals surface area contributed by atoms with Crippen molar-refractivity contribution in [3.05, 3.63) is 64.9 Å². The lowest BCUT2D eigenvalue weighted by atomic mass is 10.0. The number of aryl methyl sites for hydroxylation is 1. The monoisotopic (exact) mass is 523 g/mol. The number of benzene rings is 1. The van der Waals surface area contributed by atoms with Crippen LogP contribution in [0.1, 0.15) is 55.2 Å². The summed E-state index contributed by atoms with van der Waals surface area (Å²) in [5.74, 6) is -3.00. The molecule has 4 N–H and O–H groups in total. The van der Waals surface area contributed by atoms with E-state index >= 15 is 0 Å². The number of pyridine rings is 1. The number of aliphatic hydroxyl groups excluding tert-OH is 1. The molecule has 1 aromatic carbocycles. The highest BCUT2D eigenvalue weighted by Crippen LogP contribution is 2.35. The minimum absolute atomic E-state index is 0.0908. The first-order valence-corrected chi connectivity index (χ1v) is 11.8. The van der Waals surface area contributed by atoms with E-state index in [2.05, 4.69) is 15.4 Å². The molecule has 1 fully saturated rings. The van der Waals surface area contributed by atoms with Crippen molar-refractivity contribution in [1.29, 1.82) is 0 Å². The van der Waals surface area contributed by atoms with Gasteiger partial charge in [-0.3, -0.25) is 4.68 Å². The van der Waals surface area contributed by atoms with Gasteiger partial charge in [0, 0.05) is 20.2 Å². The predicted molar refractivity (Wildman–Crippen MR) is 128 cm³/mol. The summed E-state index contributed by atoms with van der Waals surface area (Å²) in [5.41, 5.74) is 5.63. The maximum absolute atomic E-state index is 14.9. The smallest absolute Gasteiger partial charge is 0.168 e. The summed E-state index contributed by atoms with van der Waals surface area (Å²) in [5, 5.41) is 17.8. The molecule has 200 valence electrons. The summed E-state index contributed by atoms with van der Waals surface area (Å²) in [6.45, 7) is 1.44. The van der Waals surface area contributed by atoms with Crippen molar-refractivity contribution in [3.63, 3.8) is 0 Å². The molecule has 1 aliphatic rings. The van der Waals surface area contributed by atoms with Crippen molar-refractivity contribution < 1.29 is 32.1 Å². The first-order valence-electron chi connectivity index (χ1n) is 11.8. The number of anilines is 1. The molecule has 37 heavy (non-hydrogen) atoms. The molecule has 1 aliphatic heterocycles. The fourth-order valence-electron chi connectivity index (χ4n) is 4.29. The summed E-state index contributed by atoms with van der Waals surface area (Å²) in [7, 11) is 3.07. The van der Waals surface area contributed by atoms with Crippen molar-refractivity contribution in [1.82, 2.24) is 14.8 Å². The Hall–Kier alpha value is -3.06. The van der Waals surface area contributed by atoms with Gasteiger partial charge in [-0.2, -0.15) is 5.10 Å². The SMILES string of the molecule is COC(C)c1cc(F)c(-c2nc(C(O)Nc3cnn(C)c3[C@@H]3CC[C@@H](N)[C@@H](F)CO3)ccc2F)c(F)c1. The Bertz CT molecular complexity index is 1220. The maximum atomic E-state index is 14.9.